The van der Waals surface area contributed by atoms with Gasteiger partial charge in [0, 0.05) is 25.8 Å². The van der Waals surface area contributed by atoms with E-state index in [0.717, 1.165) is 25.5 Å². The van der Waals surface area contributed by atoms with Crippen LogP contribution in [0, 0.1) is 5.92 Å². The maximum atomic E-state index is 6.02. The van der Waals surface area contributed by atoms with E-state index in [-0.39, 0.29) is 0 Å². The van der Waals surface area contributed by atoms with Gasteiger partial charge in [-0.05, 0) is 32.4 Å². The van der Waals surface area contributed by atoms with Gasteiger partial charge in [0.15, 0.2) is 5.82 Å². The third kappa shape index (κ3) is 4.58. The SMILES string of the molecule is CCOCc1nc(Cl)cc(NCC2CCN(CC)C2)n1. The lowest BCUT2D eigenvalue weighted by molar-refractivity contribution is 0.128. The molecule has 1 aromatic heterocycles. The predicted molar refractivity (Wildman–Crippen MR) is 81.1 cm³/mol. The molecule has 0 spiro atoms. The molecule has 5 nitrogen and oxygen atoms in total. The topological polar surface area (TPSA) is 50.3 Å². The van der Waals surface area contributed by atoms with Gasteiger partial charge in [0.2, 0.25) is 0 Å². The van der Waals surface area contributed by atoms with Crippen LogP contribution in [0.15, 0.2) is 6.07 Å². The minimum atomic E-state index is 0.402. The smallest absolute Gasteiger partial charge is 0.158 e. The molecule has 20 heavy (non-hydrogen) atoms. The van der Waals surface area contributed by atoms with Crippen molar-refractivity contribution in [1.82, 2.24) is 14.9 Å². The summed E-state index contributed by atoms with van der Waals surface area (Å²) in [5.74, 6) is 2.09. The van der Waals surface area contributed by atoms with Gasteiger partial charge in [-0.2, -0.15) is 0 Å². The zero-order chi connectivity index (χ0) is 14.4. The van der Waals surface area contributed by atoms with Gasteiger partial charge in [-0.3, -0.25) is 0 Å². The minimum Gasteiger partial charge on any atom is -0.374 e. The number of rotatable bonds is 7. The Bertz CT molecular complexity index is 430. The van der Waals surface area contributed by atoms with E-state index in [1.165, 1.54) is 13.0 Å². The number of halogens is 1. The highest BCUT2D eigenvalue weighted by Gasteiger charge is 2.20. The standard InChI is InChI=1S/C14H23ClN4O/c1-3-19-6-5-11(9-19)8-16-13-7-12(15)17-14(18-13)10-20-4-2/h7,11H,3-6,8-10H2,1-2H3,(H,16,17,18). The van der Waals surface area contributed by atoms with Crippen molar-refractivity contribution in [3.8, 4) is 0 Å². The lowest BCUT2D eigenvalue weighted by atomic mass is 10.1. The molecule has 0 bridgehead atoms. The molecule has 0 aliphatic carbocycles. The highest BCUT2D eigenvalue weighted by atomic mass is 35.5. The number of anilines is 1. The summed E-state index contributed by atoms with van der Waals surface area (Å²) in [6, 6.07) is 1.77. The molecule has 1 atom stereocenters. The maximum absolute atomic E-state index is 6.02. The quantitative estimate of drug-likeness (QED) is 0.784. The summed E-state index contributed by atoms with van der Waals surface area (Å²) >= 11 is 6.02. The van der Waals surface area contributed by atoms with E-state index in [0.29, 0.717) is 30.1 Å². The van der Waals surface area contributed by atoms with Crippen molar-refractivity contribution in [3.05, 3.63) is 17.0 Å². The van der Waals surface area contributed by atoms with Crippen LogP contribution in [0.3, 0.4) is 0 Å². The summed E-state index contributed by atoms with van der Waals surface area (Å²) < 4.78 is 5.32. The van der Waals surface area contributed by atoms with Crippen molar-refractivity contribution < 1.29 is 4.74 Å². The Balaban J connectivity index is 1.87. The van der Waals surface area contributed by atoms with E-state index in [1.807, 2.05) is 6.92 Å². The van der Waals surface area contributed by atoms with Crippen LogP contribution in [0.4, 0.5) is 5.82 Å². The molecule has 1 aromatic rings. The third-order valence-electron chi connectivity index (χ3n) is 3.57. The Morgan fingerprint density at radius 1 is 1.45 bits per heavy atom. The van der Waals surface area contributed by atoms with Crippen molar-refractivity contribution in [3.63, 3.8) is 0 Å². The highest BCUT2D eigenvalue weighted by Crippen LogP contribution is 2.17. The molecular weight excluding hydrogens is 276 g/mol. The second kappa shape index (κ2) is 7.76. The summed E-state index contributed by atoms with van der Waals surface area (Å²) in [5, 5.41) is 3.83. The molecule has 1 fully saturated rings. The van der Waals surface area contributed by atoms with Crippen LogP contribution in [-0.2, 0) is 11.3 Å². The monoisotopic (exact) mass is 298 g/mol. The van der Waals surface area contributed by atoms with E-state index < -0.39 is 0 Å². The lowest BCUT2D eigenvalue weighted by Gasteiger charge is -2.14. The molecular formula is C14H23ClN4O. The van der Waals surface area contributed by atoms with Crippen molar-refractivity contribution in [2.45, 2.75) is 26.9 Å². The second-order valence-corrected chi connectivity index (χ2v) is 5.45. The molecule has 112 valence electrons. The van der Waals surface area contributed by atoms with Crippen molar-refractivity contribution in [1.29, 1.82) is 0 Å². The number of aromatic nitrogens is 2. The summed E-state index contributed by atoms with van der Waals surface area (Å²) in [5.41, 5.74) is 0. The number of ether oxygens (including phenoxy) is 1. The van der Waals surface area contributed by atoms with Crippen LogP contribution in [0.2, 0.25) is 5.15 Å². The fourth-order valence-electron chi connectivity index (χ4n) is 2.43. The van der Waals surface area contributed by atoms with Crippen LogP contribution < -0.4 is 5.32 Å². The Labute approximate surface area is 125 Å². The first-order valence-electron chi connectivity index (χ1n) is 7.28. The number of hydrogen-bond donors (Lipinski definition) is 1. The lowest BCUT2D eigenvalue weighted by Crippen LogP contribution is -2.22. The largest absolute Gasteiger partial charge is 0.374 e. The van der Waals surface area contributed by atoms with Crippen LogP contribution >= 0.6 is 11.6 Å². The molecule has 2 heterocycles. The summed E-state index contributed by atoms with van der Waals surface area (Å²) in [4.78, 5) is 11.1. The second-order valence-electron chi connectivity index (χ2n) is 5.06. The third-order valence-corrected chi connectivity index (χ3v) is 3.76. The molecule has 1 unspecified atom stereocenters. The number of likely N-dealkylation sites (tertiary alicyclic amines) is 1. The van der Waals surface area contributed by atoms with Gasteiger partial charge in [-0.1, -0.05) is 18.5 Å². The number of nitrogens with one attached hydrogen (secondary N) is 1. The molecule has 1 aliphatic rings. The minimum absolute atomic E-state index is 0.402. The number of nitrogens with zero attached hydrogens (tertiary/aromatic N) is 3. The molecule has 0 aromatic carbocycles. The molecule has 1 aliphatic heterocycles. The predicted octanol–water partition coefficient (Wildman–Crippen LogP) is 2.42. The van der Waals surface area contributed by atoms with Gasteiger partial charge in [0.1, 0.15) is 17.6 Å². The Hall–Kier alpha value is -0.910. The van der Waals surface area contributed by atoms with Gasteiger partial charge >= 0.3 is 0 Å². The summed E-state index contributed by atoms with van der Waals surface area (Å²) in [6.07, 6.45) is 1.24. The zero-order valence-corrected chi connectivity index (χ0v) is 13.0. The van der Waals surface area contributed by atoms with E-state index >= 15 is 0 Å². The van der Waals surface area contributed by atoms with E-state index in [9.17, 15) is 0 Å². The van der Waals surface area contributed by atoms with Crippen LogP contribution in [0.1, 0.15) is 26.1 Å². The van der Waals surface area contributed by atoms with Gasteiger partial charge in [-0.25, -0.2) is 9.97 Å². The molecule has 1 N–H and O–H groups in total. The van der Waals surface area contributed by atoms with Gasteiger partial charge in [-0.15, -0.1) is 0 Å². The fourth-order valence-corrected chi connectivity index (χ4v) is 2.63. The Kier molecular flexibility index (Phi) is 6.01. The molecule has 0 saturated carbocycles. The Morgan fingerprint density at radius 2 is 2.30 bits per heavy atom. The fraction of sp³-hybridized carbons (Fsp3) is 0.714. The molecule has 0 radical (unpaired) electrons. The Morgan fingerprint density at radius 3 is 3.00 bits per heavy atom. The molecule has 6 heteroatoms. The van der Waals surface area contributed by atoms with Crippen LogP contribution in [0.25, 0.3) is 0 Å². The normalized spacial score (nSPS) is 19.4. The van der Waals surface area contributed by atoms with Gasteiger partial charge in [0.25, 0.3) is 0 Å². The van der Waals surface area contributed by atoms with Crippen molar-refractivity contribution in [2.75, 3.05) is 38.1 Å². The molecule has 2 rings (SSSR count). The van der Waals surface area contributed by atoms with Crippen LogP contribution in [0.5, 0.6) is 0 Å². The van der Waals surface area contributed by atoms with E-state index in [2.05, 4.69) is 27.1 Å². The average molecular weight is 299 g/mol. The van der Waals surface area contributed by atoms with E-state index in [4.69, 9.17) is 16.3 Å². The van der Waals surface area contributed by atoms with Crippen molar-refractivity contribution in [2.24, 2.45) is 5.92 Å². The highest BCUT2D eigenvalue weighted by molar-refractivity contribution is 6.29. The molecule has 1 saturated heterocycles. The molecule has 0 amide bonds. The zero-order valence-electron chi connectivity index (χ0n) is 12.2. The first-order valence-corrected chi connectivity index (χ1v) is 7.66. The van der Waals surface area contributed by atoms with Gasteiger partial charge < -0.3 is 15.0 Å². The first-order chi connectivity index (χ1) is 9.71. The van der Waals surface area contributed by atoms with E-state index in [1.54, 1.807) is 6.07 Å². The van der Waals surface area contributed by atoms with Crippen LogP contribution in [-0.4, -0.2) is 47.7 Å². The van der Waals surface area contributed by atoms with Crippen molar-refractivity contribution >= 4 is 17.4 Å². The maximum Gasteiger partial charge on any atom is 0.158 e. The first kappa shape index (κ1) is 15.5. The number of hydrogen-bond acceptors (Lipinski definition) is 5. The average Bonchev–Trinajstić information content (AvgIpc) is 2.90. The van der Waals surface area contributed by atoms with Gasteiger partial charge in [0.05, 0.1) is 0 Å². The summed E-state index contributed by atoms with van der Waals surface area (Å²) in [7, 11) is 0. The summed E-state index contributed by atoms with van der Waals surface area (Å²) in [6.45, 7) is 9.62.